The van der Waals surface area contributed by atoms with E-state index in [1.807, 2.05) is 6.92 Å². The van der Waals surface area contributed by atoms with E-state index >= 15 is 0 Å². The van der Waals surface area contributed by atoms with Crippen LogP contribution >= 0.6 is 11.6 Å². The molecule has 2 unspecified atom stereocenters. The summed E-state index contributed by atoms with van der Waals surface area (Å²) in [5.41, 5.74) is 0.755. The standard InChI is InChI=1S/C23H20ClNO6S/c1-2-30-16-5-3-4-13(10-16)20-19-21(26)17-11-14(24)6-7-18(17)31-22(19)23(27)25(20)15-8-9-32(28,29)12-15/h3-7,10-11,15,20H,2,8-9,12H2,1H3. The number of carbonyl (C=O) groups excluding carboxylic acids is 1. The van der Waals surface area contributed by atoms with Gasteiger partial charge in [0, 0.05) is 11.1 Å². The van der Waals surface area contributed by atoms with Crippen molar-refractivity contribution in [3.63, 3.8) is 0 Å². The van der Waals surface area contributed by atoms with E-state index in [1.54, 1.807) is 36.4 Å². The third-order valence-corrected chi connectivity index (χ3v) is 7.94. The Labute approximate surface area is 189 Å². The number of hydrogen-bond acceptors (Lipinski definition) is 6. The van der Waals surface area contributed by atoms with E-state index < -0.39 is 27.8 Å². The summed E-state index contributed by atoms with van der Waals surface area (Å²) in [5.74, 6) is -0.0852. The van der Waals surface area contributed by atoms with E-state index in [-0.39, 0.29) is 39.2 Å². The molecule has 0 spiro atoms. The Balaban J connectivity index is 1.75. The number of benzene rings is 2. The van der Waals surface area contributed by atoms with Crippen molar-refractivity contribution in [2.24, 2.45) is 0 Å². The highest BCUT2D eigenvalue weighted by Crippen LogP contribution is 2.42. The molecule has 2 atom stereocenters. The molecule has 0 aliphatic carbocycles. The van der Waals surface area contributed by atoms with Gasteiger partial charge in [-0.2, -0.15) is 0 Å². The van der Waals surface area contributed by atoms with Crippen molar-refractivity contribution in [1.82, 2.24) is 4.90 Å². The maximum atomic E-state index is 13.6. The van der Waals surface area contributed by atoms with E-state index in [0.29, 0.717) is 29.4 Å². The molecule has 9 heteroatoms. The molecule has 1 aromatic heterocycles. The van der Waals surface area contributed by atoms with Gasteiger partial charge in [0.2, 0.25) is 5.76 Å². The summed E-state index contributed by atoms with van der Waals surface area (Å²) in [4.78, 5) is 28.5. The monoisotopic (exact) mass is 473 g/mol. The zero-order valence-corrected chi connectivity index (χ0v) is 18.8. The van der Waals surface area contributed by atoms with Gasteiger partial charge in [0.15, 0.2) is 15.3 Å². The highest BCUT2D eigenvalue weighted by Gasteiger charge is 2.48. The SMILES string of the molecule is CCOc1cccc(C2c3c(oc4ccc(Cl)cc4c3=O)C(=O)N2C2CCS(=O)(=O)C2)c1. The number of rotatable bonds is 4. The number of amides is 1. The maximum Gasteiger partial charge on any atom is 0.291 e. The first kappa shape index (κ1) is 21.0. The maximum absolute atomic E-state index is 13.6. The van der Waals surface area contributed by atoms with Crippen LogP contribution in [0.4, 0.5) is 0 Å². The van der Waals surface area contributed by atoms with E-state index in [0.717, 1.165) is 0 Å². The van der Waals surface area contributed by atoms with Crippen molar-refractivity contribution in [2.45, 2.75) is 25.4 Å². The topological polar surface area (TPSA) is 93.9 Å². The molecule has 3 aromatic rings. The summed E-state index contributed by atoms with van der Waals surface area (Å²) in [6, 6.07) is 10.5. The number of sulfone groups is 1. The van der Waals surface area contributed by atoms with Crippen LogP contribution < -0.4 is 10.2 Å². The first-order chi connectivity index (χ1) is 15.3. The average Bonchev–Trinajstić information content (AvgIpc) is 3.26. The van der Waals surface area contributed by atoms with Crippen molar-refractivity contribution < 1.29 is 22.4 Å². The Morgan fingerprint density at radius 2 is 2.00 bits per heavy atom. The summed E-state index contributed by atoms with van der Waals surface area (Å²) >= 11 is 6.10. The second-order valence-corrected chi connectivity index (χ2v) is 10.7. The minimum absolute atomic E-state index is 0.00244. The van der Waals surface area contributed by atoms with Crippen molar-refractivity contribution in [2.75, 3.05) is 18.1 Å². The predicted octanol–water partition coefficient (Wildman–Crippen LogP) is 3.58. The number of halogens is 1. The quantitative estimate of drug-likeness (QED) is 0.575. The summed E-state index contributed by atoms with van der Waals surface area (Å²) < 4.78 is 35.9. The zero-order chi connectivity index (χ0) is 22.6. The van der Waals surface area contributed by atoms with Gasteiger partial charge in [-0.05, 0) is 49.2 Å². The van der Waals surface area contributed by atoms with Gasteiger partial charge >= 0.3 is 0 Å². The number of ether oxygens (including phenoxy) is 1. The Hall–Kier alpha value is -2.84. The lowest BCUT2D eigenvalue weighted by atomic mass is 9.97. The molecule has 2 aromatic carbocycles. The van der Waals surface area contributed by atoms with Crippen LogP contribution in [0.5, 0.6) is 5.75 Å². The van der Waals surface area contributed by atoms with Crippen LogP contribution in [0.2, 0.25) is 5.02 Å². The summed E-state index contributed by atoms with van der Waals surface area (Å²) in [5, 5.41) is 0.651. The molecule has 5 rings (SSSR count). The first-order valence-corrected chi connectivity index (χ1v) is 12.5. The number of fused-ring (bicyclic) bond motifs is 2. The smallest absolute Gasteiger partial charge is 0.291 e. The van der Waals surface area contributed by atoms with E-state index in [2.05, 4.69) is 0 Å². The Morgan fingerprint density at radius 3 is 2.72 bits per heavy atom. The van der Waals surface area contributed by atoms with Crippen molar-refractivity contribution in [3.8, 4) is 5.75 Å². The van der Waals surface area contributed by atoms with E-state index in [1.165, 1.54) is 11.0 Å². The van der Waals surface area contributed by atoms with Gasteiger partial charge in [0.05, 0.1) is 35.1 Å². The third-order valence-electron chi connectivity index (χ3n) is 5.95. The summed E-state index contributed by atoms with van der Waals surface area (Å²) in [6.45, 7) is 2.32. The largest absolute Gasteiger partial charge is 0.494 e. The minimum Gasteiger partial charge on any atom is -0.494 e. The van der Waals surface area contributed by atoms with Crippen LogP contribution in [0.3, 0.4) is 0 Å². The molecule has 166 valence electrons. The van der Waals surface area contributed by atoms with Gasteiger partial charge < -0.3 is 14.1 Å². The van der Waals surface area contributed by atoms with Crippen LogP contribution in [0.25, 0.3) is 11.0 Å². The molecule has 3 heterocycles. The van der Waals surface area contributed by atoms with Crippen molar-refractivity contribution >= 4 is 38.3 Å². The summed E-state index contributed by atoms with van der Waals surface area (Å²) in [6.07, 6.45) is 0.309. The number of carbonyl (C=O) groups is 1. The van der Waals surface area contributed by atoms with Crippen LogP contribution in [0, 0.1) is 0 Å². The van der Waals surface area contributed by atoms with E-state index in [9.17, 15) is 18.0 Å². The number of nitrogens with zero attached hydrogens (tertiary/aromatic N) is 1. The van der Waals surface area contributed by atoms with E-state index in [4.69, 9.17) is 20.8 Å². The second kappa shape index (κ2) is 7.64. The third kappa shape index (κ3) is 3.38. The Bertz CT molecular complexity index is 1410. The molecule has 0 radical (unpaired) electrons. The zero-order valence-electron chi connectivity index (χ0n) is 17.2. The normalized spacial score (nSPS) is 21.8. The second-order valence-electron chi connectivity index (χ2n) is 7.99. The van der Waals surface area contributed by atoms with Crippen LogP contribution in [0.1, 0.15) is 41.1 Å². The van der Waals surface area contributed by atoms with Gasteiger partial charge in [0.1, 0.15) is 11.3 Å². The van der Waals surface area contributed by atoms with Crippen LogP contribution in [-0.2, 0) is 9.84 Å². The predicted molar refractivity (Wildman–Crippen MR) is 120 cm³/mol. The fourth-order valence-electron chi connectivity index (χ4n) is 4.60. The van der Waals surface area contributed by atoms with Crippen LogP contribution in [-0.4, -0.2) is 43.4 Å². The van der Waals surface area contributed by atoms with Gasteiger partial charge in [-0.15, -0.1) is 0 Å². The Morgan fingerprint density at radius 1 is 1.19 bits per heavy atom. The molecule has 2 aliphatic heterocycles. The fraction of sp³-hybridized carbons (Fsp3) is 0.304. The molecule has 1 fully saturated rings. The molecule has 1 saturated heterocycles. The molecule has 0 saturated carbocycles. The van der Waals surface area contributed by atoms with Crippen LogP contribution in [0.15, 0.2) is 51.7 Å². The molecule has 0 bridgehead atoms. The van der Waals surface area contributed by atoms with Crippen molar-refractivity contribution in [3.05, 3.63) is 74.6 Å². The highest BCUT2D eigenvalue weighted by atomic mass is 35.5. The first-order valence-electron chi connectivity index (χ1n) is 10.3. The lowest BCUT2D eigenvalue weighted by Gasteiger charge is -2.30. The average molecular weight is 474 g/mol. The highest BCUT2D eigenvalue weighted by molar-refractivity contribution is 7.91. The molecular weight excluding hydrogens is 454 g/mol. The van der Waals surface area contributed by atoms with Gasteiger partial charge in [0.25, 0.3) is 5.91 Å². The number of hydrogen-bond donors (Lipinski definition) is 0. The lowest BCUT2D eigenvalue weighted by Crippen LogP contribution is -2.40. The van der Waals surface area contributed by atoms with Gasteiger partial charge in [-0.25, -0.2) is 8.42 Å². The summed E-state index contributed by atoms with van der Waals surface area (Å²) in [7, 11) is -3.26. The van der Waals surface area contributed by atoms with Gasteiger partial charge in [-0.3, -0.25) is 9.59 Å². The molecule has 7 nitrogen and oxygen atoms in total. The molecule has 0 N–H and O–H groups in total. The molecule has 2 aliphatic rings. The van der Waals surface area contributed by atoms with Crippen molar-refractivity contribution in [1.29, 1.82) is 0 Å². The molecule has 1 amide bonds. The lowest BCUT2D eigenvalue weighted by molar-refractivity contribution is 0.0662. The Kier molecular flexibility index (Phi) is 5.02. The van der Waals surface area contributed by atoms with Gasteiger partial charge in [-0.1, -0.05) is 23.7 Å². The molecule has 32 heavy (non-hydrogen) atoms. The minimum atomic E-state index is -3.26. The fourth-order valence-corrected chi connectivity index (χ4v) is 6.49. The molecular formula is C23H20ClNO6S.